The number of hydrogen-bond donors (Lipinski definition) is 0. The van der Waals surface area contributed by atoms with E-state index in [0.29, 0.717) is 5.92 Å². The summed E-state index contributed by atoms with van der Waals surface area (Å²) in [7, 11) is -1.69. The minimum Gasteiger partial charge on any atom is -1.00 e. The zero-order valence-corrected chi connectivity index (χ0v) is 28.9. The highest BCUT2D eigenvalue weighted by atomic mass is 127. The van der Waals surface area contributed by atoms with Crippen LogP contribution < -0.4 is 39.9 Å². The van der Waals surface area contributed by atoms with Crippen molar-refractivity contribution in [3.05, 3.63) is 90.5 Å². The van der Waals surface area contributed by atoms with Crippen LogP contribution in [-0.2, 0) is 0 Å². The van der Waals surface area contributed by atoms with Gasteiger partial charge in [0, 0.05) is 0 Å². The molecule has 2 saturated carbocycles. The Morgan fingerprint density at radius 3 is 1.64 bits per heavy atom. The summed E-state index contributed by atoms with van der Waals surface area (Å²) in [6.07, 6.45) is 17.4. The summed E-state index contributed by atoms with van der Waals surface area (Å²) in [6, 6.07) is 32.2. The Bertz CT molecular complexity index is 1040. The SMILES string of the molecule is CCCCC[C@H]1CC[C@H]([C@H]2CC[C@H](c3ccccc3[P+](C)(c3ccccc3)c3ccccc3)CC2)CC1.P.[I-]. The van der Waals surface area contributed by atoms with Gasteiger partial charge in [-0.15, -0.1) is 0 Å². The van der Waals surface area contributed by atoms with Gasteiger partial charge in [0.05, 0.1) is 6.66 Å². The van der Waals surface area contributed by atoms with Crippen molar-refractivity contribution in [1.82, 2.24) is 0 Å². The van der Waals surface area contributed by atoms with Gasteiger partial charge in [-0.2, -0.15) is 9.90 Å². The minimum absolute atomic E-state index is 0. The van der Waals surface area contributed by atoms with Gasteiger partial charge in [0.2, 0.25) is 0 Å². The number of rotatable bonds is 9. The van der Waals surface area contributed by atoms with E-state index in [-0.39, 0.29) is 33.9 Å². The summed E-state index contributed by atoms with van der Waals surface area (Å²) in [5.41, 5.74) is 1.64. The first kappa shape index (κ1) is 32.8. The number of unbranched alkanes of at least 4 members (excludes halogenated alkanes) is 2. The van der Waals surface area contributed by atoms with Crippen molar-refractivity contribution in [2.45, 2.75) is 89.9 Å². The third-order valence-electron chi connectivity index (χ3n) is 9.95. The molecule has 0 N–H and O–H groups in total. The van der Waals surface area contributed by atoms with Gasteiger partial charge in [-0.1, -0.05) is 100 Å². The molecule has 2 aliphatic carbocycles. The molecular formula is C36H51IP2. The molecule has 2 aliphatic rings. The average Bonchev–Trinajstić information content (AvgIpc) is 2.98. The van der Waals surface area contributed by atoms with E-state index in [4.69, 9.17) is 0 Å². The summed E-state index contributed by atoms with van der Waals surface area (Å²) < 4.78 is 0. The average molecular weight is 673 g/mol. The largest absolute Gasteiger partial charge is 1.00 e. The van der Waals surface area contributed by atoms with E-state index in [1.807, 2.05) is 0 Å². The summed E-state index contributed by atoms with van der Waals surface area (Å²) in [5, 5.41) is 4.61. The van der Waals surface area contributed by atoms with Crippen molar-refractivity contribution in [2.75, 3.05) is 6.66 Å². The van der Waals surface area contributed by atoms with Crippen molar-refractivity contribution in [3.8, 4) is 0 Å². The second-order valence-corrected chi connectivity index (χ2v) is 15.7. The second-order valence-electron chi connectivity index (χ2n) is 12.1. The number of halogens is 1. The molecule has 39 heavy (non-hydrogen) atoms. The van der Waals surface area contributed by atoms with Gasteiger partial charge in [-0.25, -0.2) is 0 Å². The normalized spacial score (nSPS) is 23.3. The first-order valence-corrected chi connectivity index (χ1v) is 17.5. The van der Waals surface area contributed by atoms with Crippen LogP contribution in [0.3, 0.4) is 0 Å². The molecule has 0 radical (unpaired) electrons. The lowest BCUT2D eigenvalue weighted by Crippen LogP contribution is -3.00. The first-order chi connectivity index (χ1) is 18.2. The predicted molar refractivity (Wildman–Crippen MR) is 176 cm³/mol. The molecule has 3 aromatic rings. The fraction of sp³-hybridized carbons (Fsp3) is 0.500. The summed E-state index contributed by atoms with van der Waals surface area (Å²) in [4.78, 5) is 0. The standard InChI is InChI=1S/C36H48P.HI.H3P/c1-3-4-7-14-29-21-23-30(24-22-29)31-25-27-32(28-26-31)35-19-12-13-20-36(35)37(2,33-15-8-5-9-16-33)34-17-10-6-11-18-34;;/h5-6,8-13,15-20,29-32H,3-4,7,14,21-28H2,1-2H3;1H;1H3/q+1;;/p-1/t29-,30-,31-,32-;;. The van der Waals surface area contributed by atoms with Gasteiger partial charge in [0.25, 0.3) is 0 Å². The summed E-state index contributed by atoms with van der Waals surface area (Å²) >= 11 is 0. The smallest absolute Gasteiger partial charge is 0.109 e. The highest BCUT2D eigenvalue weighted by Crippen LogP contribution is 2.54. The van der Waals surface area contributed by atoms with Gasteiger partial charge in [-0.05, 0) is 98.1 Å². The Hall–Kier alpha value is -0.750. The Kier molecular flexibility index (Phi) is 13.5. The van der Waals surface area contributed by atoms with Gasteiger partial charge in [0.1, 0.15) is 23.2 Å². The van der Waals surface area contributed by atoms with Crippen molar-refractivity contribution < 1.29 is 24.0 Å². The molecule has 0 aliphatic heterocycles. The zero-order valence-electron chi connectivity index (χ0n) is 24.4. The van der Waals surface area contributed by atoms with Crippen LogP contribution in [0.5, 0.6) is 0 Å². The Balaban J connectivity index is 0.00000210. The lowest BCUT2D eigenvalue weighted by molar-refractivity contribution is -0.00000771. The molecule has 0 saturated heterocycles. The molecule has 1 atom stereocenters. The van der Waals surface area contributed by atoms with E-state index in [9.17, 15) is 0 Å². The van der Waals surface area contributed by atoms with Gasteiger partial charge >= 0.3 is 0 Å². The van der Waals surface area contributed by atoms with Crippen molar-refractivity contribution in [3.63, 3.8) is 0 Å². The van der Waals surface area contributed by atoms with E-state index in [1.54, 1.807) is 10.9 Å². The van der Waals surface area contributed by atoms with Crippen molar-refractivity contribution in [1.29, 1.82) is 0 Å². The Labute approximate surface area is 260 Å². The highest BCUT2D eigenvalue weighted by Gasteiger charge is 2.43. The highest BCUT2D eigenvalue weighted by molar-refractivity contribution is 7.95. The van der Waals surface area contributed by atoms with E-state index < -0.39 is 7.26 Å². The van der Waals surface area contributed by atoms with Crippen molar-refractivity contribution >= 4 is 33.1 Å². The van der Waals surface area contributed by atoms with Crippen LogP contribution in [0.25, 0.3) is 0 Å². The molecule has 212 valence electrons. The molecule has 1 unspecified atom stereocenters. The van der Waals surface area contributed by atoms with E-state index in [2.05, 4.69) is 98.5 Å². The molecule has 0 bridgehead atoms. The molecule has 0 spiro atoms. The fourth-order valence-corrected chi connectivity index (χ4v) is 11.2. The Morgan fingerprint density at radius 1 is 0.615 bits per heavy atom. The monoisotopic (exact) mass is 672 g/mol. The lowest BCUT2D eigenvalue weighted by atomic mass is 9.68. The minimum atomic E-state index is -1.69. The quantitative estimate of drug-likeness (QED) is 0.142. The van der Waals surface area contributed by atoms with Gasteiger partial charge < -0.3 is 24.0 Å². The van der Waals surface area contributed by atoms with Crippen LogP contribution in [0.1, 0.15) is 95.5 Å². The fourth-order valence-electron chi connectivity index (χ4n) is 7.65. The maximum absolute atomic E-state index is 2.56. The van der Waals surface area contributed by atoms with E-state index in [0.717, 1.165) is 17.8 Å². The van der Waals surface area contributed by atoms with Gasteiger partial charge in [-0.3, -0.25) is 0 Å². The summed E-state index contributed by atoms with van der Waals surface area (Å²) in [5.74, 6) is 3.72. The topological polar surface area (TPSA) is 0 Å². The number of benzene rings is 3. The summed E-state index contributed by atoms with van der Waals surface area (Å²) in [6.45, 7) is 4.89. The third kappa shape index (κ3) is 7.76. The van der Waals surface area contributed by atoms with E-state index in [1.165, 1.54) is 87.7 Å². The molecule has 0 amide bonds. The van der Waals surface area contributed by atoms with Crippen LogP contribution in [0.2, 0.25) is 0 Å². The molecule has 3 aromatic carbocycles. The molecule has 0 heterocycles. The molecule has 5 rings (SSSR count). The van der Waals surface area contributed by atoms with Crippen LogP contribution in [-0.4, -0.2) is 6.66 Å². The molecule has 3 heteroatoms. The first-order valence-electron chi connectivity index (χ1n) is 15.3. The predicted octanol–water partition coefficient (Wildman–Crippen LogP) is 6.33. The van der Waals surface area contributed by atoms with Crippen LogP contribution in [0, 0.1) is 17.8 Å². The van der Waals surface area contributed by atoms with Gasteiger partial charge in [0.15, 0.2) is 0 Å². The molecule has 0 nitrogen and oxygen atoms in total. The molecule has 2 fully saturated rings. The maximum Gasteiger partial charge on any atom is 0.109 e. The zero-order chi connectivity index (χ0) is 25.5. The molecular weight excluding hydrogens is 621 g/mol. The Morgan fingerprint density at radius 2 is 1.10 bits per heavy atom. The van der Waals surface area contributed by atoms with Crippen LogP contribution in [0.4, 0.5) is 0 Å². The maximum atomic E-state index is 2.56. The van der Waals surface area contributed by atoms with E-state index >= 15 is 0 Å². The van der Waals surface area contributed by atoms with Crippen LogP contribution >= 0.6 is 17.2 Å². The van der Waals surface area contributed by atoms with Crippen LogP contribution in [0.15, 0.2) is 84.9 Å². The molecule has 0 aromatic heterocycles. The number of hydrogen-bond acceptors (Lipinski definition) is 0. The lowest BCUT2D eigenvalue weighted by Gasteiger charge is -2.38. The van der Waals surface area contributed by atoms with Crippen molar-refractivity contribution in [2.24, 2.45) is 17.8 Å². The second kappa shape index (κ2) is 16.0. The third-order valence-corrected chi connectivity index (χ3v) is 14.0.